The van der Waals surface area contributed by atoms with E-state index in [4.69, 9.17) is 11.6 Å². The van der Waals surface area contributed by atoms with Crippen LogP contribution in [0.25, 0.3) is 0 Å². The summed E-state index contributed by atoms with van der Waals surface area (Å²) in [6.45, 7) is 2.14. The lowest BCUT2D eigenvalue weighted by Gasteiger charge is -2.30. The lowest BCUT2D eigenvalue weighted by atomic mass is 9.85. The molecule has 15 heavy (non-hydrogen) atoms. The van der Waals surface area contributed by atoms with Gasteiger partial charge in [-0.05, 0) is 31.1 Å². The van der Waals surface area contributed by atoms with Crippen LogP contribution in [-0.2, 0) is 4.79 Å². The number of hydrogen-bond donors (Lipinski definition) is 1. The molecular weight excluding hydrogens is 210 g/mol. The Labute approximate surface area is 96.8 Å². The molecule has 2 nitrogen and oxygen atoms in total. The third-order valence-corrected chi connectivity index (χ3v) is 4.28. The predicted molar refractivity (Wildman–Crippen MR) is 61.9 cm³/mol. The van der Waals surface area contributed by atoms with Gasteiger partial charge in [-0.3, -0.25) is 4.79 Å². The Kier molecular flexibility index (Phi) is 3.55. The highest BCUT2D eigenvalue weighted by Gasteiger charge is 2.40. The normalized spacial score (nSPS) is 39.9. The molecule has 0 spiro atoms. The number of carbonyl (C=O) groups excluding carboxylic acids is 1. The van der Waals surface area contributed by atoms with Gasteiger partial charge in [0.1, 0.15) is 0 Å². The number of hydrogen-bond acceptors (Lipinski definition) is 1. The monoisotopic (exact) mass is 229 g/mol. The lowest BCUT2D eigenvalue weighted by Crippen LogP contribution is -2.43. The second-order valence-electron chi connectivity index (χ2n) is 5.13. The molecule has 2 saturated carbocycles. The first-order valence-electron chi connectivity index (χ1n) is 6.08. The van der Waals surface area contributed by atoms with Gasteiger partial charge in [-0.1, -0.05) is 19.8 Å². The zero-order valence-corrected chi connectivity index (χ0v) is 10.1. The molecule has 1 amide bonds. The summed E-state index contributed by atoms with van der Waals surface area (Å²) < 4.78 is 0. The molecule has 1 N–H and O–H groups in total. The minimum Gasteiger partial charge on any atom is -0.353 e. The van der Waals surface area contributed by atoms with Gasteiger partial charge in [0.2, 0.25) is 5.91 Å². The summed E-state index contributed by atoms with van der Waals surface area (Å²) in [6, 6.07) is 0.344. The Morgan fingerprint density at radius 2 is 2.07 bits per heavy atom. The van der Waals surface area contributed by atoms with E-state index in [1.54, 1.807) is 0 Å². The number of halogens is 1. The third-order valence-electron chi connectivity index (χ3n) is 3.88. The molecule has 2 aliphatic carbocycles. The van der Waals surface area contributed by atoms with Gasteiger partial charge in [0, 0.05) is 17.8 Å². The molecule has 3 heteroatoms. The Morgan fingerprint density at radius 1 is 1.40 bits per heavy atom. The van der Waals surface area contributed by atoms with E-state index in [2.05, 4.69) is 12.2 Å². The second kappa shape index (κ2) is 4.73. The van der Waals surface area contributed by atoms with Crippen molar-refractivity contribution in [1.29, 1.82) is 0 Å². The van der Waals surface area contributed by atoms with E-state index in [0.29, 0.717) is 29.7 Å². The maximum absolute atomic E-state index is 11.8. The van der Waals surface area contributed by atoms with Crippen molar-refractivity contribution in [3.63, 3.8) is 0 Å². The van der Waals surface area contributed by atoms with E-state index < -0.39 is 0 Å². The SMILES string of the molecule is CC1CC1C(=O)NC1CCCCC1CCl. The average molecular weight is 230 g/mol. The van der Waals surface area contributed by atoms with E-state index >= 15 is 0 Å². The molecule has 4 unspecified atom stereocenters. The molecule has 0 heterocycles. The Bertz CT molecular complexity index is 244. The number of alkyl halides is 1. The molecular formula is C12H20ClNO. The van der Waals surface area contributed by atoms with E-state index in [-0.39, 0.29) is 5.91 Å². The maximum atomic E-state index is 11.8. The number of nitrogens with one attached hydrogen (secondary N) is 1. The summed E-state index contributed by atoms with van der Waals surface area (Å²) in [5.74, 6) is 2.35. The van der Waals surface area contributed by atoms with Gasteiger partial charge < -0.3 is 5.32 Å². The zero-order valence-electron chi connectivity index (χ0n) is 9.34. The van der Waals surface area contributed by atoms with Crippen LogP contribution in [0.3, 0.4) is 0 Å². The van der Waals surface area contributed by atoms with Crippen molar-refractivity contribution in [2.24, 2.45) is 17.8 Å². The summed E-state index contributed by atoms with van der Waals surface area (Å²) in [5.41, 5.74) is 0. The van der Waals surface area contributed by atoms with Gasteiger partial charge in [-0.25, -0.2) is 0 Å². The molecule has 2 aliphatic rings. The molecule has 0 bridgehead atoms. The Morgan fingerprint density at radius 3 is 2.67 bits per heavy atom. The smallest absolute Gasteiger partial charge is 0.223 e. The maximum Gasteiger partial charge on any atom is 0.223 e. The Balaban J connectivity index is 1.83. The molecule has 0 saturated heterocycles. The van der Waals surface area contributed by atoms with Crippen LogP contribution in [0.1, 0.15) is 39.0 Å². The van der Waals surface area contributed by atoms with Crippen molar-refractivity contribution in [3.05, 3.63) is 0 Å². The van der Waals surface area contributed by atoms with E-state index in [9.17, 15) is 4.79 Å². The van der Waals surface area contributed by atoms with Crippen LogP contribution in [0.4, 0.5) is 0 Å². The van der Waals surface area contributed by atoms with Crippen molar-refractivity contribution in [3.8, 4) is 0 Å². The first-order chi connectivity index (χ1) is 7.22. The lowest BCUT2D eigenvalue weighted by molar-refractivity contribution is -0.123. The van der Waals surface area contributed by atoms with Crippen LogP contribution in [0, 0.1) is 17.8 Å². The van der Waals surface area contributed by atoms with Crippen LogP contribution in [0.15, 0.2) is 0 Å². The molecule has 86 valence electrons. The highest BCUT2D eigenvalue weighted by molar-refractivity contribution is 6.18. The highest BCUT2D eigenvalue weighted by Crippen LogP contribution is 2.38. The molecule has 2 fully saturated rings. The summed E-state index contributed by atoms with van der Waals surface area (Å²) in [4.78, 5) is 11.8. The fourth-order valence-corrected chi connectivity index (χ4v) is 2.93. The summed E-state index contributed by atoms with van der Waals surface area (Å²) in [7, 11) is 0. The number of amides is 1. The first-order valence-corrected chi connectivity index (χ1v) is 6.62. The summed E-state index contributed by atoms with van der Waals surface area (Å²) in [6.07, 6.45) is 5.87. The zero-order chi connectivity index (χ0) is 10.8. The van der Waals surface area contributed by atoms with Crippen LogP contribution < -0.4 is 5.32 Å². The highest BCUT2D eigenvalue weighted by atomic mass is 35.5. The topological polar surface area (TPSA) is 29.1 Å². The fourth-order valence-electron chi connectivity index (χ4n) is 2.56. The van der Waals surface area contributed by atoms with Gasteiger partial charge in [-0.15, -0.1) is 11.6 Å². The number of carbonyl (C=O) groups is 1. The molecule has 0 aromatic carbocycles. The molecule has 0 aromatic heterocycles. The summed E-state index contributed by atoms with van der Waals surface area (Å²) in [5, 5.41) is 3.19. The first kappa shape index (κ1) is 11.3. The van der Waals surface area contributed by atoms with Crippen LogP contribution in [-0.4, -0.2) is 17.8 Å². The van der Waals surface area contributed by atoms with Crippen LogP contribution in [0.2, 0.25) is 0 Å². The van der Waals surface area contributed by atoms with Gasteiger partial charge in [0.25, 0.3) is 0 Å². The molecule has 0 radical (unpaired) electrons. The van der Waals surface area contributed by atoms with E-state index in [1.165, 1.54) is 19.3 Å². The van der Waals surface area contributed by atoms with Crippen molar-refractivity contribution in [1.82, 2.24) is 5.32 Å². The van der Waals surface area contributed by atoms with Crippen molar-refractivity contribution in [2.45, 2.75) is 45.1 Å². The average Bonchev–Trinajstić information content (AvgIpc) is 2.96. The van der Waals surface area contributed by atoms with Crippen LogP contribution >= 0.6 is 11.6 Å². The van der Waals surface area contributed by atoms with Gasteiger partial charge >= 0.3 is 0 Å². The van der Waals surface area contributed by atoms with Gasteiger partial charge in [0.05, 0.1) is 0 Å². The standard InChI is InChI=1S/C12H20ClNO/c1-8-6-10(8)12(15)14-11-5-3-2-4-9(11)7-13/h8-11H,2-7H2,1H3,(H,14,15). The molecule has 2 rings (SSSR count). The largest absolute Gasteiger partial charge is 0.353 e. The van der Waals surface area contributed by atoms with Crippen LogP contribution in [0.5, 0.6) is 0 Å². The predicted octanol–water partition coefficient (Wildman–Crippen LogP) is 2.56. The fraction of sp³-hybridized carbons (Fsp3) is 0.917. The summed E-state index contributed by atoms with van der Waals surface area (Å²) >= 11 is 5.93. The second-order valence-corrected chi connectivity index (χ2v) is 5.44. The number of rotatable bonds is 3. The van der Waals surface area contributed by atoms with Gasteiger partial charge in [0.15, 0.2) is 0 Å². The van der Waals surface area contributed by atoms with Crippen molar-refractivity contribution < 1.29 is 4.79 Å². The van der Waals surface area contributed by atoms with Crippen molar-refractivity contribution >= 4 is 17.5 Å². The van der Waals surface area contributed by atoms with Gasteiger partial charge in [-0.2, -0.15) is 0 Å². The third kappa shape index (κ3) is 2.66. The van der Waals surface area contributed by atoms with E-state index in [0.717, 1.165) is 12.8 Å². The minimum atomic E-state index is 0.268. The molecule has 0 aromatic rings. The van der Waals surface area contributed by atoms with Crippen molar-refractivity contribution in [2.75, 3.05) is 5.88 Å². The van der Waals surface area contributed by atoms with E-state index in [1.807, 2.05) is 0 Å². The Hall–Kier alpha value is -0.240. The quantitative estimate of drug-likeness (QED) is 0.741. The molecule has 0 aliphatic heterocycles. The molecule has 4 atom stereocenters. The minimum absolute atomic E-state index is 0.268.